The summed E-state index contributed by atoms with van der Waals surface area (Å²) in [5.41, 5.74) is 2.91. The molecule has 0 aliphatic carbocycles. The second kappa shape index (κ2) is 7.59. The molecule has 2 rings (SSSR count). The molecule has 0 fully saturated rings. The number of benzene rings is 1. The summed E-state index contributed by atoms with van der Waals surface area (Å²) < 4.78 is 18.3. The van der Waals surface area contributed by atoms with Crippen LogP contribution in [0.1, 0.15) is 22.6 Å². The molecule has 1 aromatic heterocycles. The van der Waals surface area contributed by atoms with E-state index in [0.717, 1.165) is 29.0 Å². The van der Waals surface area contributed by atoms with Gasteiger partial charge in [0.2, 0.25) is 0 Å². The normalized spacial score (nSPS) is 11.5. The van der Waals surface area contributed by atoms with Gasteiger partial charge in [-0.15, -0.1) is 0 Å². The first-order valence-corrected chi connectivity index (χ1v) is 7.21. The van der Waals surface area contributed by atoms with Crippen molar-refractivity contribution in [3.63, 3.8) is 0 Å². The molecule has 0 aliphatic rings. The number of guanidine groups is 1. The summed E-state index contributed by atoms with van der Waals surface area (Å²) in [6.45, 7) is 5.07. The minimum absolute atomic E-state index is 0.236. The second-order valence-electron chi connectivity index (χ2n) is 5.04. The zero-order valence-corrected chi connectivity index (χ0v) is 13.1. The summed E-state index contributed by atoms with van der Waals surface area (Å²) >= 11 is 0. The van der Waals surface area contributed by atoms with Crippen molar-refractivity contribution in [1.82, 2.24) is 15.8 Å². The molecule has 0 aliphatic heterocycles. The molecule has 0 bridgehead atoms. The summed E-state index contributed by atoms with van der Waals surface area (Å²) in [5, 5.41) is 10.3. The zero-order valence-electron chi connectivity index (χ0n) is 13.1. The van der Waals surface area contributed by atoms with Crippen molar-refractivity contribution in [3.05, 3.63) is 52.7 Å². The van der Waals surface area contributed by atoms with Crippen molar-refractivity contribution in [3.8, 4) is 0 Å². The Bertz CT molecular complexity index is 632. The fourth-order valence-electron chi connectivity index (χ4n) is 2.22. The molecule has 0 unspecified atom stereocenters. The number of nitrogens with one attached hydrogen (secondary N) is 2. The van der Waals surface area contributed by atoms with Crippen molar-refractivity contribution in [2.75, 3.05) is 13.6 Å². The minimum Gasteiger partial charge on any atom is -0.361 e. The number of hydrogen-bond acceptors (Lipinski definition) is 3. The van der Waals surface area contributed by atoms with E-state index in [9.17, 15) is 4.39 Å². The summed E-state index contributed by atoms with van der Waals surface area (Å²) in [6, 6.07) is 6.50. The van der Waals surface area contributed by atoms with E-state index < -0.39 is 0 Å². The molecule has 5 nitrogen and oxygen atoms in total. The topological polar surface area (TPSA) is 62.5 Å². The molecule has 1 aromatic carbocycles. The van der Waals surface area contributed by atoms with E-state index in [1.54, 1.807) is 13.1 Å². The lowest BCUT2D eigenvalue weighted by Gasteiger charge is -2.12. The van der Waals surface area contributed by atoms with Gasteiger partial charge in [0, 0.05) is 25.7 Å². The molecule has 22 heavy (non-hydrogen) atoms. The Labute approximate surface area is 129 Å². The highest BCUT2D eigenvalue weighted by molar-refractivity contribution is 5.79. The van der Waals surface area contributed by atoms with Crippen molar-refractivity contribution >= 4 is 5.96 Å². The molecular formula is C16H21FN4O. The third kappa shape index (κ3) is 4.31. The third-order valence-corrected chi connectivity index (χ3v) is 3.42. The van der Waals surface area contributed by atoms with Gasteiger partial charge in [-0.3, -0.25) is 4.99 Å². The van der Waals surface area contributed by atoms with E-state index >= 15 is 0 Å². The van der Waals surface area contributed by atoms with E-state index in [1.807, 2.05) is 19.9 Å². The smallest absolute Gasteiger partial charge is 0.191 e. The first kappa shape index (κ1) is 16.0. The van der Waals surface area contributed by atoms with Crippen molar-refractivity contribution in [1.29, 1.82) is 0 Å². The molecule has 0 saturated heterocycles. The minimum atomic E-state index is -0.236. The van der Waals surface area contributed by atoms with E-state index in [-0.39, 0.29) is 5.82 Å². The summed E-state index contributed by atoms with van der Waals surface area (Å²) in [5.74, 6) is 1.29. The average molecular weight is 304 g/mol. The Kier molecular flexibility index (Phi) is 5.52. The maximum absolute atomic E-state index is 13.1. The van der Waals surface area contributed by atoms with Gasteiger partial charge in [-0.05, 0) is 38.0 Å². The van der Waals surface area contributed by atoms with Crippen LogP contribution in [0.4, 0.5) is 4.39 Å². The number of aryl methyl sites for hydroxylation is 2. The molecule has 6 heteroatoms. The van der Waals surface area contributed by atoms with Gasteiger partial charge in [0.25, 0.3) is 0 Å². The fraction of sp³-hybridized carbons (Fsp3) is 0.375. The van der Waals surface area contributed by atoms with E-state index in [0.29, 0.717) is 19.0 Å². The molecule has 1 heterocycles. The molecule has 118 valence electrons. The summed E-state index contributed by atoms with van der Waals surface area (Å²) in [6.07, 6.45) is 0.807. The highest BCUT2D eigenvalue weighted by Crippen LogP contribution is 2.12. The van der Waals surface area contributed by atoms with E-state index in [4.69, 9.17) is 4.52 Å². The van der Waals surface area contributed by atoms with Crippen LogP contribution in [-0.4, -0.2) is 24.7 Å². The summed E-state index contributed by atoms with van der Waals surface area (Å²) in [4.78, 5) is 4.15. The molecule has 2 N–H and O–H groups in total. The second-order valence-corrected chi connectivity index (χ2v) is 5.04. The van der Waals surface area contributed by atoms with Crippen LogP contribution >= 0.6 is 0 Å². The predicted molar refractivity (Wildman–Crippen MR) is 84.3 cm³/mol. The maximum atomic E-state index is 13.1. The van der Waals surface area contributed by atoms with Crippen LogP contribution in [-0.2, 0) is 13.0 Å². The van der Waals surface area contributed by atoms with Gasteiger partial charge in [0.1, 0.15) is 11.6 Å². The zero-order chi connectivity index (χ0) is 15.9. The third-order valence-electron chi connectivity index (χ3n) is 3.42. The van der Waals surface area contributed by atoms with Crippen LogP contribution in [0.5, 0.6) is 0 Å². The number of nitrogens with zero attached hydrogens (tertiary/aromatic N) is 2. The van der Waals surface area contributed by atoms with Crippen LogP contribution in [0.15, 0.2) is 33.8 Å². The average Bonchev–Trinajstić information content (AvgIpc) is 2.82. The Hall–Kier alpha value is -2.37. The fourth-order valence-corrected chi connectivity index (χ4v) is 2.22. The number of aromatic nitrogens is 1. The van der Waals surface area contributed by atoms with E-state index in [2.05, 4.69) is 20.8 Å². The standard InChI is InChI=1S/C16H21FN4O/c1-11-15(12(2)22-21-11)7-8-19-16(18-3)20-10-13-5-4-6-14(17)9-13/h4-6,9H,7-8,10H2,1-3H3,(H2,18,19,20). The molecule has 0 spiro atoms. The van der Waals surface area contributed by atoms with Gasteiger partial charge < -0.3 is 15.2 Å². The lowest BCUT2D eigenvalue weighted by atomic mass is 10.1. The first-order chi connectivity index (χ1) is 10.6. The highest BCUT2D eigenvalue weighted by atomic mass is 19.1. The quantitative estimate of drug-likeness (QED) is 0.657. The molecule has 0 atom stereocenters. The van der Waals surface area contributed by atoms with Gasteiger partial charge >= 0.3 is 0 Å². The molecular weight excluding hydrogens is 283 g/mol. The van der Waals surface area contributed by atoms with Crippen molar-refractivity contribution in [2.24, 2.45) is 4.99 Å². The maximum Gasteiger partial charge on any atom is 0.191 e. The molecule has 0 radical (unpaired) electrons. The van der Waals surface area contributed by atoms with Crippen LogP contribution < -0.4 is 10.6 Å². The molecule has 0 saturated carbocycles. The van der Waals surface area contributed by atoms with Gasteiger partial charge in [0.15, 0.2) is 5.96 Å². The van der Waals surface area contributed by atoms with Crippen molar-refractivity contribution < 1.29 is 8.91 Å². The van der Waals surface area contributed by atoms with Crippen LogP contribution in [0.2, 0.25) is 0 Å². The number of halogens is 1. The van der Waals surface area contributed by atoms with Gasteiger partial charge in [-0.25, -0.2) is 4.39 Å². The number of hydrogen-bond donors (Lipinski definition) is 2. The lowest BCUT2D eigenvalue weighted by Crippen LogP contribution is -2.37. The lowest BCUT2D eigenvalue weighted by molar-refractivity contribution is 0.392. The van der Waals surface area contributed by atoms with Gasteiger partial charge in [-0.1, -0.05) is 17.3 Å². The Morgan fingerprint density at radius 2 is 2.14 bits per heavy atom. The van der Waals surface area contributed by atoms with Crippen LogP contribution in [0.25, 0.3) is 0 Å². The Morgan fingerprint density at radius 3 is 2.77 bits per heavy atom. The predicted octanol–water partition coefficient (Wildman–Crippen LogP) is 2.34. The number of aliphatic imine (C=N–C) groups is 1. The van der Waals surface area contributed by atoms with Crippen LogP contribution in [0.3, 0.4) is 0 Å². The van der Waals surface area contributed by atoms with E-state index in [1.165, 1.54) is 12.1 Å². The molecule has 2 aromatic rings. The highest BCUT2D eigenvalue weighted by Gasteiger charge is 2.08. The van der Waals surface area contributed by atoms with Crippen LogP contribution in [0, 0.1) is 19.7 Å². The monoisotopic (exact) mass is 304 g/mol. The van der Waals surface area contributed by atoms with Crippen molar-refractivity contribution in [2.45, 2.75) is 26.8 Å². The summed E-state index contributed by atoms with van der Waals surface area (Å²) in [7, 11) is 1.71. The van der Waals surface area contributed by atoms with Gasteiger partial charge in [-0.2, -0.15) is 0 Å². The molecule has 0 amide bonds. The van der Waals surface area contributed by atoms with Gasteiger partial charge in [0.05, 0.1) is 5.69 Å². The first-order valence-electron chi connectivity index (χ1n) is 7.21. The Morgan fingerprint density at radius 1 is 1.32 bits per heavy atom. The largest absolute Gasteiger partial charge is 0.361 e. The number of rotatable bonds is 5. The SMILES string of the molecule is CN=C(NCCc1c(C)noc1C)NCc1cccc(F)c1. The Balaban J connectivity index is 1.80.